The highest BCUT2D eigenvalue weighted by Crippen LogP contribution is 2.12. The molecule has 0 radical (unpaired) electrons. The molecule has 0 fully saturated rings. The maximum Gasteiger partial charge on any atom is 0.308 e. The Morgan fingerprint density at radius 1 is 1.10 bits per heavy atom. The minimum Gasteiger partial charge on any atom is -0.481 e. The van der Waals surface area contributed by atoms with Crippen molar-refractivity contribution in [1.82, 2.24) is 0 Å². The van der Waals surface area contributed by atoms with E-state index in [1.165, 1.54) is 0 Å². The van der Waals surface area contributed by atoms with Gasteiger partial charge in [0.25, 0.3) is 0 Å². The minimum absolute atomic E-state index is 0.00377. The number of aliphatic hydroxyl groups excluding tert-OH is 1. The molecule has 0 bridgehead atoms. The number of aliphatic carboxylic acids is 1. The Kier molecular flexibility index (Phi) is 12.4. The Morgan fingerprint density at radius 2 is 1.65 bits per heavy atom. The zero-order valence-electron chi connectivity index (χ0n) is 13.4. The number of carbonyl (C=O) groups excluding carboxylic acids is 1. The van der Waals surface area contributed by atoms with Gasteiger partial charge >= 0.3 is 11.9 Å². The van der Waals surface area contributed by atoms with Gasteiger partial charge in [0.1, 0.15) is 5.60 Å². The summed E-state index contributed by atoms with van der Waals surface area (Å²) in [5, 5.41) is 18.0. The van der Waals surface area contributed by atoms with Crippen molar-refractivity contribution < 1.29 is 24.5 Å². The molecule has 120 valence electrons. The zero-order valence-corrected chi connectivity index (χ0v) is 13.4. The summed E-state index contributed by atoms with van der Waals surface area (Å²) >= 11 is 0. The first-order valence-corrected chi connectivity index (χ1v) is 7.32. The highest BCUT2D eigenvalue weighted by Gasteiger charge is 2.18. The largest absolute Gasteiger partial charge is 0.481 e. The highest BCUT2D eigenvalue weighted by atomic mass is 16.6. The molecule has 0 aromatic rings. The van der Waals surface area contributed by atoms with E-state index in [4.69, 9.17) is 9.84 Å². The van der Waals surface area contributed by atoms with Crippen LogP contribution in [-0.4, -0.2) is 33.9 Å². The molecular formula is C15H30O5. The summed E-state index contributed by atoms with van der Waals surface area (Å²) in [6, 6.07) is 0. The smallest absolute Gasteiger partial charge is 0.308 e. The van der Waals surface area contributed by atoms with Crippen LogP contribution in [0.1, 0.15) is 73.1 Å². The molecule has 0 aliphatic carbocycles. The van der Waals surface area contributed by atoms with Gasteiger partial charge in [0.15, 0.2) is 0 Å². The van der Waals surface area contributed by atoms with Gasteiger partial charge in [0.05, 0.1) is 12.5 Å². The molecule has 0 aromatic carbocycles. The lowest BCUT2D eigenvalue weighted by Gasteiger charge is -2.20. The van der Waals surface area contributed by atoms with Gasteiger partial charge in [0, 0.05) is 6.42 Å². The third-order valence-corrected chi connectivity index (χ3v) is 2.25. The maximum atomic E-state index is 11.4. The van der Waals surface area contributed by atoms with E-state index in [0.29, 0.717) is 12.8 Å². The summed E-state index contributed by atoms with van der Waals surface area (Å²) in [4.78, 5) is 21.7. The standard InChI is InChI=1S/C13H24O5.C2H6/c1-13(2,3)18-12(17)9-10(14)7-5-4-6-8-11(15)16;1-2/h10,14H,4-9H2,1-3H3,(H,15,16);1-2H3. The van der Waals surface area contributed by atoms with Gasteiger partial charge in [-0.25, -0.2) is 0 Å². The van der Waals surface area contributed by atoms with Gasteiger partial charge < -0.3 is 14.9 Å². The number of hydrogen-bond acceptors (Lipinski definition) is 4. The number of hydrogen-bond donors (Lipinski definition) is 2. The number of unbranched alkanes of at least 4 members (excludes halogenated alkanes) is 2. The van der Waals surface area contributed by atoms with Crippen LogP contribution in [-0.2, 0) is 14.3 Å². The third-order valence-electron chi connectivity index (χ3n) is 2.25. The number of carbonyl (C=O) groups is 2. The quantitative estimate of drug-likeness (QED) is 0.530. The summed E-state index contributed by atoms with van der Waals surface area (Å²) in [7, 11) is 0. The molecule has 0 aliphatic heterocycles. The number of rotatable bonds is 8. The number of aliphatic hydroxyl groups is 1. The van der Waals surface area contributed by atoms with Crippen LogP contribution < -0.4 is 0 Å². The summed E-state index contributed by atoms with van der Waals surface area (Å²) in [5.41, 5.74) is -0.529. The topological polar surface area (TPSA) is 83.8 Å². The summed E-state index contributed by atoms with van der Waals surface area (Å²) in [5.74, 6) is -1.20. The Labute approximate surface area is 122 Å². The van der Waals surface area contributed by atoms with Gasteiger partial charge in [-0.2, -0.15) is 0 Å². The first-order chi connectivity index (χ1) is 9.20. The van der Waals surface area contributed by atoms with Gasteiger partial charge in [-0.05, 0) is 33.6 Å². The van der Waals surface area contributed by atoms with E-state index < -0.39 is 23.6 Å². The van der Waals surface area contributed by atoms with Crippen LogP contribution in [0, 0.1) is 0 Å². The second-order valence-corrected chi connectivity index (χ2v) is 5.44. The third kappa shape index (κ3) is 16.9. The van der Waals surface area contributed by atoms with Crippen molar-refractivity contribution in [3.8, 4) is 0 Å². The average Bonchev–Trinajstić information content (AvgIpc) is 2.28. The van der Waals surface area contributed by atoms with E-state index >= 15 is 0 Å². The molecular weight excluding hydrogens is 260 g/mol. The van der Waals surface area contributed by atoms with Crippen LogP contribution in [0.25, 0.3) is 0 Å². The molecule has 0 rings (SSSR count). The molecule has 2 N–H and O–H groups in total. The molecule has 1 atom stereocenters. The van der Waals surface area contributed by atoms with Crippen molar-refractivity contribution in [2.75, 3.05) is 0 Å². The fraction of sp³-hybridized carbons (Fsp3) is 0.867. The molecule has 0 saturated carbocycles. The highest BCUT2D eigenvalue weighted by molar-refractivity contribution is 5.70. The Hall–Kier alpha value is -1.10. The minimum atomic E-state index is -0.802. The van der Waals surface area contributed by atoms with E-state index in [1.807, 2.05) is 13.8 Å². The van der Waals surface area contributed by atoms with Gasteiger partial charge in [0.2, 0.25) is 0 Å². The molecule has 0 heterocycles. The van der Waals surface area contributed by atoms with Crippen LogP contribution >= 0.6 is 0 Å². The van der Waals surface area contributed by atoms with Crippen molar-refractivity contribution in [3.05, 3.63) is 0 Å². The van der Waals surface area contributed by atoms with Crippen molar-refractivity contribution in [2.24, 2.45) is 0 Å². The summed E-state index contributed by atoms with van der Waals surface area (Å²) in [6.07, 6.45) is 2.02. The molecule has 0 aliphatic rings. The number of carboxylic acid groups (broad SMARTS) is 1. The van der Waals surface area contributed by atoms with Crippen molar-refractivity contribution in [1.29, 1.82) is 0 Å². The van der Waals surface area contributed by atoms with Gasteiger partial charge in [-0.15, -0.1) is 0 Å². The maximum absolute atomic E-state index is 11.4. The van der Waals surface area contributed by atoms with Crippen molar-refractivity contribution >= 4 is 11.9 Å². The molecule has 5 heteroatoms. The molecule has 0 spiro atoms. The predicted octanol–water partition coefficient (Wildman–Crippen LogP) is 3.14. The van der Waals surface area contributed by atoms with Crippen LogP contribution in [0.15, 0.2) is 0 Å². The number of carboxylic acids is 1. The van der Waals surface area contributed by atoms with Crippen LogP contribution in [0.3, 0.4) is 0 Å². The Morgan fingerprint density at radius 3 is 2.10 bits per heavy atom. The summed E-state index contributed by atoms with van der Waals surface area (Å²) in [6.45, 7) is 9.34. The monoisotopic (exact) mass is 290 g/mol. The fourth-order valence-electron chi connectivity index (χ4n) is 1.51. The summed E-state index contributed by atoms with van der Waals surface area (Å²) < 4.78 is 5.09. The molecule has 20 heavy (non-hydrogen) atoms. The fourth-order valence-corrected chi connectivity index (χ4v) is 1.51. The van der Waals surface area contributed by atoms with E-state index in [-0.39, 0.29) is 12.8 Å². The predicted molar refractivity (Wildman–Crippen MR) is 78.5 cm³/mol. The molecule has 1 unspecified atom stereocenters. The number of esters is 1. The first kappa shape index (κ1) is 21.2. The SMILES string of the molecule is CC.CC(C)(C)OC(=O)CC(O)CCCCCC(=O)O. The lowest BCUT2D eigenvalue weighted by Crippen LogP contribution is -2.26. The second kappa shape index (κ2) is 11.7. The van der Waals surface area contributed by atoms with E-state index in [1.54, 1.807) is 20.8 Å². The van der Waals surface area contributed by atoms with Crippen molar-refractivity contribution in [2.45, 2.75) is 84.8 Å². The zero-order chi connectivity index (χ0) is 16.2. The van der Waals surface area contributed by atoms with Crippen LogP contribution in [0.2, 0.25) is 0 Å². The molecule has 5 nitrogen and oxygen atoms in total. The second-order valence-electron chi connectivity index (χ2n) is 5.44. The van der Waals surface area contributed by atoms with Gasteiger partial charge in [-0.3, -0.25) is 9.59 Å². The normalized spacial score (nSPS) is 12.1. The van der Waals surface area contributed by atoms with E-state index in [9.17, 15) is 14.7 Å². The van der Waals surface area contributed by atoms with Crippen molar-refractivity contribution in [3.63, 3.8) is 0 Å². The first-order valence-electron chi connectivity index (χ1n) is 7.32. The van der Waals surface area contributed by atoms with Crippen LogP contribution in [0.4, 0.5) is 0 Å². The lowest BCUT2D eigenvalue weighted by atomic mass is 10.1. The Balaban J connectivity index is 0. The molecule has 0 amide bonds. The Bertz CT molecular complexity index is 268. The molecule has 0 saturated heterocycles. The number of ether oxygens (including phenoxy) is 1. The van der Waals surface area contributed by atoms with Crippen LogP contribution in [0.5, 0.6) is 0 Å². The van der Waals surface area contributed by atoms with E-state index in [0.717, 1.165) is 12.8 Å². The van der Waals surface area contributed by atoms with Gasteiger partial charge in [-0.1, -0.05) is 26.7 Å². The molecule has 0 aromatic heterocycles. The van der Waals surface area contributed by atoms with E-state index in [2.05, 4.69) is 0 Å². The average molecular weight is 290 g/mol. The lowest BCUT2D eigenvalue weighted by molar-refractivity contribution is -0.157.